The van der Waals surface area contributed by atoms with E-state index in [4.69, 9.17) is 5.11 Å². The summed E-state index contributed by atoms with van der Waals surface area (Å²) in [6.45, 7) is 0.184. The lowest BCUT2D eigenvalue weighted by Crippen LogP contribution is -2.20. The van der Waals surface area contributed by atoms with Crippen LogP contribution in [0.2, 0.25) is 0 Å². The van der Waals surface area contributed by atoms with E-state index in [9.17, 15) is 18.0 Å². The summed E-state index contributed by atoms with van der Waals surface area (Å²) >= 11 is 0. The summed E-state index contributed by atoms with van der Waals surface area (Å²) in [5.41, 5.74) is 0.0488. The molecule has 0 radical (unpaired) electrons. The van der Waals surface area contributed by atoms with Gasteiger partial charge in [0, 0.05) is 32.4 Å². The fourth-order valence-electron chi connectivity index (χ4n) is 2.54. The minimum atomic E-state index is -4.46. The molecular weight excluding hydrogens is 285 g/mol. The zero-order valence-electron chi connectivity index (χ0n) is 11.7. The van der Waals surface area contributed by atoms with E-state index in [2.05, 4.69) is 5.32 Å². The Morgan fingerprint density at radius 1 is 1.38 bits per heavy atom. The van der Waals surface area contributed by atoms with Crippen molar-refractivity contribution in [2.45, 2.75) is 18.6 Å². The number of halogens is 3. The van der Waals surface area contributed by atoms with E-state index >= 15 is 0 Å². The van der Waals surface area contributed by atoms with Crippen LogP contribution in [0, 0.1) is 5.92 Å². The SMILES string of the molecule is CN(C)c1ccc(C(F)(F)F)c(C2CC(C(=O)O)CN2)c1. The third kappa shape index (κ3) is 3.29. The van der Waals surface area contributed by atoms with E-state index in [1.165, 1.54) is 12.1 Å². The van der Waals surface area contributed by atoms with Gasteiger partial charge >= 0.3 is 12.1 Å². The maximum atomic E-state index is 13.1. The van der Waals surface area contributed by atoms with Crippen LogP contribution in [0.25, 0.3) is 0 Å². The van der Waals surface area contributed by atoms with E-state index in [1.807, 2.05) is 0 Å². The Hall–Kier alpha value is -1.76. The molecule has 2 N–H and O–H groups in total. The molecule has 1 aromatic rings. The van der Waals surface area contributed by atoms with Crippen LogP contribution in [0.15, 0.2) is 18.2 Å². The average Bonchev–Trinajstić information content (AvgIpc) is 2.86. The van der Waals surface area contributed by atoms with E-state index in [1.54, 1.807) is 19.0 Å². The number of carboxylic acids is 1. The van der Waals surface area contributed by atoms with Crippen LogP contribution >= 0.6 is 0 Å². The highest BCUT2D eigenvalue weighted by molar-refractivity contribution is 5.71. The first-order valence-corrected chi connectivity index (χ1v) is 6.55. The zero-order chi connectivity index (χ0) is 15.8. The van der Waals surface area contributed by atoms with Gasteiger partial charge < -0.3 is 15.3 Å². The summed E-state index contributed by atoms with van der Waals surface area (Å²) in [5.74, 6) is -1.64. The second-order valence-corrected chi connectivity index (χ2v) is 5.40. The van der Waals surface area contributed by atoms with Crippen molar-refractivity contribution in [1.82, 2.24) is 5.32 Å². The van der Waals surface area contributed by atoms with Gasteiger partial charge in [0.25, 0.3) is 0 Å². The molecule has 0 bridgehead atoms. The number of benzene rings is 1. The maximum Gasteiger partial charge on any atom is 0.416 e. The Kier molecular flexibility index (Phi) is 4.13. The first kappa shape index (κ1) is 15.6. The summed E-state index contributed by atoms with van der Waals surface area (Å²) in [6.07, 6.45) is -4.29. The minimum absolute atomic E-state index is 0.109. The fourth-order valence-corrected chi connectivity index (χ4v) is 2.54. The smallest absolute Gasteiger partial charge is 0.416 e. The number of carbonyl (C=O) groups is 1. The van der Waals surface area contributed by atoms with E-state index < -0.39 is 29.7 Å². The highest BCUT2D eigenvalue weighted by Gasteiger charge is 2.38. The van der Waals surface area contributed by atoms with Crippen LogP contribution in [0.5, 0.6) is 0 Å². The summed E-state index contributed by atoms with van der Waals surface area (Å²) in [6, 6.07) is 3.35. The van der Waals surface area contributed by atoms with Gasteiger partial charge in [-0.1, -0.05) is 0 Å². The quantitative estimate of drug-likeness (QED) is 0.901. The summed E-state index contributed by atoms with van der Waals surface area (Å²) in [4.78, 5) is 12.7. The molecule has 0 spiro atoms. The topological polar surface area (TPSA) is 52.6 Å². The van der Waals surface area contributed by atoms with Crippen LogP contribution in [0.3, 0.4) is 0 Å². The molecule has 2 atom stereocenters. The molecule has 2 unspecified atom stereocenters. The van der Waals surface area contributed by atoms with Crippen molar-refractivity contribution >= 4 is 11.7 Å². The van der Waals surface area contributed by atoms with Gasteiger partial charge in [-0.2, -0.15) is 13.2 Å². The molecule has 0 aromatic heterocycles. The molecule has 1 aliphatic rings. The van der Waals surface area contributed by atoms with Crippen molar-refractivity contribution in [2.24, 2.45) is 5.92 Å². The number of nitrogens with zero attached hydrogens (tertiary/aromatic N) is 1. The summed E-state index contributed by atoms with van der Waals surface area (Å²) < 4.78 is 39.4. The molecular formula is C14H17F3N2O2. The molecule has 0 amide bonds. The van der Waals surface area contributed by atoms with Crippen LogP contribution < -0.4 is 10.2 Å². The first-order valence-electron chi connectivity index (χ1n) is 6.55. The number of hydrogen-bond donors (Lipinski definition) is 2. The van der Waals surface area contributed by atoms with Crippen molar-refractivity contribution in [1.29, 1.82) is 0 Å². The number of rotatable bonds is 3. The van der Waals surface area contributed by atoms with E-state index in [0.717, 1.165) is 6.07 Å². The lowest BCUT2D eigenvalue weighted by molar-refractivity contribution is -0.141. The Morgan fingerprint density at radius 2 is 2.05 bits per heavy atom. The summed E-state index contributed by atoms with van der Waals surface area (Å²) in [5, 5.41) is 11.9. The lowest BCUT2D eigenvalue weighted by Gasteiger charge is -2.21. The Balaban J connectivity index is 2.40. The first-order chi connectivity index (χ1) is 9.70. The molecule has 116 valence electrons. The van der Waals surface area contributed by atoms with Crippen molar-refractivity contribution in [3.63, 3.8) is 0 Å². The molecule has 0 saturated carbocycles. The molecule has 7 heteroatoms. The van der Waals surface area contributed by atoms with Crippen molar-refractivity contribution in [3.05, 3.63) is 29.3 Å². The molecule has 2 rings (SSSR count). The Morgan fingerprint density at radius 3 is 2.52 bits per heavy atom. The highest BCUT2D eigenvalue weighted by Crippen LogP contribution is 2.39. The molecule has 1 saturated heterocycles. The summed E-state index contributed by atoms with van der Waals surface area (Å²) in [7, 11) is 3.49. The normalized spacial score (nSPS) is 22.3. The van der Waals surface area contributed by atoms with Gasteiger partial charge in [0.05, 0.1) is 11.5 Å². The second kappa shape index (κ2) is 5.55. The van der Waals surface area contributed by atoms with Gasteiger partial charge in [-0.25, -0.2) is 0 Å². The van der Waals surface area contributed by atoms with E-state index in [-0.39, 0.29) is 18.5 Å². The van der Waals surface area contributed by atoms with Gasteiger partial charge in [-0.15, -0.1) is 0 Å². The number of nitrogens with one attached hydrogen (secondary N) is 1. The minimum Gasteiger partial charge on any atom is -0.481 e. The largest absolute Gasteiger partial charge is 0.481 e. The third-order valence-electron chi connectivity index (χ3n) is 3.71. The van der Waals surface area contributed by atoms with Crippen LogP contribution in [0.4, 0.5) is 18.9 Å². The predicted octanol–water partition coefficient (Wildman–Crippen LogP) is 2.51. The molecule has 4 nitrogen and oxygen atoms in total. The maximum absolute atomic E-state index is 13.1. The van der Waals surface area contributed by atoms with Gasteiger partial charge in [-0.3, -0.25) is 4.79 Å². The van der Waals surface area contributed by atoms with Crippen molar-refractivity contribution in [2.75, 3.05) is 25.5 Å². The molecule has 1 fully saturated rings. The molecule has 21 heavy (non-hydrogen) atoms. The predicted molar refractivity (Wildman–Crippen MR) is 72.3 cm³/mol. The molecule has 1 aliphatic heterocycles. The van der Waals surface area contributed by atoms with Gasteiger partial charge in [0.2, 0.25) is 0 Å². The van der Waals surface area contributed by atoms with Gasteiger partial charge in [0.15, 0.2) is 0 Å². The monoisotopic (exact) mass is 302 g/mol. The van der Waals surface area contributed by atoms with E-state index in [0.29, 0.717) is 5.69 Å². The average molecular weight is 302 g/mol. The number of aliphatic carboxylic acids is 1. The van der Waals surface area contributed by atoms with Crippen LogP contribution in [-0.4, -0.2) is 31.7 Å². The van der Waals surface area contributed by atoms with Gasteiger partial charge in [-0.05, 0) is 30.2 Å². The fraction of sp³-hybridized carbons (Fsp3) is 0.500. The number of hydrogen-bond acceptors (Lipinski definition) is 3. The van der Waals surface area contributed by atoms with Crippen LogP contribution in [-0.2, 0) is 11.0 Å². The van der Waals surface area contributed by atoms with Crippen molar-refractivity contribution < 1.29 is 23.1 Å². The molecule has 1 heterocycles. The van der Waals surface area contributed by atoms with Crippen molar-refractivity contribution in [3.8, 4) is 0 Å². The Bertz CT molecular complexity index is 544. The molecule has 0 aliphatic carbocycles. The lowest BCUT2D eigenvalue weighted by atomic mass is 9.95. The number of carboxylic acid groups (broad SMARTS) is 1. The standard InChI is InChI=1S/C14H17F3N2O2/c1-19(2)9-3-4-11(14(15,16)17)10(6-9)12-5-8(7-18-12)13(20)21/h3-4,6,8,12,18H,5,7H2,1-2H3,(H,20,21). The Labute approximate surface area is 120 Å². The second-order valence-electron chi connectivity index (χ2n) is 5.40. The van der Waals surface area contributed by atoms with Gasteiger partial charge in [0.1, 0.15) is 0 Å². The molecule has 1 aromatic carbocycles. The number of anilines is 1. The zero-order valence-corrected chi connectivity index (χ0v) is 11.7. The third-order valence-corrected chi connectivity index (χ3v) is 3.71. The highest BCUT2D eigenvalue weighted by atomic mass is 19.4. The van der Waals surface area contributed by atoms with Crippen LogP contribution in [0.1, 0.15) is 23.6 Å². The number of alkyl halides is 3.